The molecular weight excluding hydrogens is 219 g/mol. The summed E-state index contributed by atoms with van der Waals surface area (Å²) < 4.78 is 18.7. The van der Waals surface area contributed by atoms with Crippen LogP contribution in [0.25, 0.3) is 0 Å². The van der Waals surface area contributed by atoms with Gasteiger partial charge in [-0.3, -0.25) is 0 Å². The highest BCUT2D eigenvalue weighted by molar-refractivity contribution is 5.69. The van der Waals surface area contributed by atoms with Crippen molar-refractivity contribution in [1.29, 1.82) is 0 Å². The summed E-state index contributed by atoms with van der Waals surface area (Å²) in [5, 5.41) is 0. The van der Waals surface area contributed by atoms with Crippen LogP contribution < -0.4 is 4.74 Å². The standard InChI is InChI=1S/C14H19FO2/c1-4-5-8-17-13-9-11(15)6-7-12(13)14(2,3)10-16/h6-7,9-10H,4-5,8H2,1-3H3. The van der Waals surface area contributed by atoms with Crippen molar-refractivity contribution in [2.24, 2.45) is 0 Å². The molecule has 94 valence electrons. The van der Waals surface area contributed by atoms with Crippen molar-refractivity contribution >= 4 is 6.29 Å². The topological polar surface area (TPSA) is 26.3 Å². The van der Waals surface area contributed by atoms with E-state index >= 15 is 0 Å². The second-order valence-electron chi connectivity index (χ2n) is 4.68. The van der Waals surface area contributed by atoms with Gasteiger partial charge in [0, 0.05) is 17.0 Å². The number of rotatable bonds is 6. The van der Waals surface area contributed by atoms with Crippen LogP contribution in [0.4, 0.5) is 4.39 Å². The number of carbonyl (C=O) groups is 1. The van der Waals surface area contributed by atoms with E-state index < -0.39 is 5.41 Å². The van der Waals surface area contributed by atoms with Crippen molar-refractivity contribution in [1.82, 2.24) is 0 Å². The van der Waals surface area contributed by atoms with Gasteiger partial charge in [0.25, 0.3) is 0 Å². The number of halogens is 1. The minimum Gasteiger partial charge on any atom is -0.493 e. The average molecular weight is 238 g/mol. The Morgan fingerprint density at radius 2 is 2.12 bits per heavy atom. The van der Waals surface area contributed by atoms with Gasteiger partial charge in [-0.25, -0.2) is 4.39 Å². The Kier molecular flexibility index (Phi) is 4.67. The fourth-order valence-electron chi connectivity index (χ4n) is 1.54. The molecule has 0 fully saturated rings. The van der Waals surface area contributed by atoms with Gasteiger partial charge in [0.1, 0.15) is 17.9 Å². The highest BCUT2D eigenvalue weighted by atomic mass is 19.1. The molecule has 0 aliphatic heterocycles. The van der Waals surface area contributed by atoms with Gasteiger partial charge in [-0.05, 0) is 26.3 Å². The lowest BCUT2D eigenvalue weighted by atomic mass is 9.85. The first-order chi connectivity index (χ1) is 8.01. The van der Waals surface area contributed by atoms with Gasteiger partial charge in [0.2, 0.25) is 0 Å². The van der Waals surface area contributed by atoms with Gasteiger partial charge in [-0.2, -0.15) is 0 Å². The van der Waals surface area contributed by atoms with Crippen LogP contribution in [-0.2, 0) is 10.2 Å². The van der Waals surface area contributed by atoms with Crippen LogP contribution in [0.1, 0.15) is 39.2 Å². The van der Waals surface area contributed by atoms with Gasteiger partial charge < -0.3 is 9.53 Å². The van der Waals surface area contributed by atoms with Gasteiger partial charge >= 0.3 is 0 Å². The monoisotopic (exact) mass is 238 g/mol. The molecule has 1 aromatic carbocycles. The Hall–Kier alpha value is -1.38. The first-order valence-corrected chi connectivity index (χ1v) is 5.90. The lowest BCUT2D eigenvalue weighted by Gasteiger charge is -2.21. The maximum atomic E-state index is 13.2. The van der Waals surface area contributed by atoms with Gasteiger partial charge in [0.15, 0.2) is 0 Å². The molecule has 1 aromatic rings. The van der Waals surface area contributed by atoms with Crippen molar-refractivity contribution in [3.8, 4) is 5.75 Å². The molecule has 0 radical (unpaired) electrons. The maximum Gasteiger partial charge on any atom is 0.130 e. The molecule has 0 heterocycles. The molecule has 0 bridgehead atoms. The summed E-state index contributed by atoms with van der Waals surface area (Å²) in [4.78, 5) is 11.0. The van der Waals surface area contributed by atoms with E-state index in [1.165, 1.54) is 12.1 Å². The summed E-state index contributed by atoms with van der Waals surface area (Å²) in [6.07, 6.45) is 2.78. The zero-order valence-corrected chi connectivity index (χ0v) is 10.6. The van der Waals surface area contributed by atoms with Crippen molar-refractivity contribution < 1.29 is 13.9 Å². The molecule has 0 unspecified atom stereocenters. The first-order valence-electron chi connectivity index (χ1n) is 5.90. The van der Waals surface area contributed by atoms with E-state index in [9.17, 15) is 9.18 Å². The van der Waals surface area contributed by atoms with E-state index in [1.54, 1.807) is 19.9 Å². The molecule has 0 spiro atoms. The predicted octanol–water partition coefficient (Wildman–Crippen LogP) is 3.48. The van der Waals surface area contributed by atoms with Crippen molar-refractivity contribution in [3.63, 3.8) is 0 Å². The van der Waals surface area contributed by atoms with Crippen LogP contribution in [0.5, 0.6) is 5.75 Å². The molecule has 0 saturated carbocycles. The minimum absolute atomic E-state index is 0.345. The number of unbranched alkanes of at least 4 members (excludes halogenated alkanes) is 1. The van der Waals surface area contributed by atoms with E-state index in [0.717, 1.165) is 24.7 Å². The summed E-state index contributed by atoms with van der Waals surface area (Å²) in [5.74, 6) is 0.123. The highest BCUT2D eigenvalue weighted by Crippen LogP contribution is 2.31. The Morgan fingerprint density at radius 3 is 2.71 bits per heavy atom. The van der Waals surface area contributed by atoms with E-state index in [2.05, 4.69) is 6.92 Å². The van der Waals surface area contributed by atoms with E-state index in [-0.39, 0.29) is 5.82 Å². The zero-order valence-electron chi connectivity index (χ0n) is 10.6. The van der Waals surface area contributed by atoms with Crippen molar-refractivity contribution in [2.75, 3.05) is 6.61 Å². The fraction of sp³-hybridized carbons (Fsp3) is 0.500. The molecule has 0 N–H and O–H groups in total. The Labute approximate surface area is 102 Å². The SMILES string of the molecule is CCCCOc1cc(F)ccc1C(C)(C)C=O. The highest BCUT2D eigenvalue weighted by Gasteiger charge is 2.24. The Morgan fingerprint density at radius 1 is 1.41 bits per heavy atom. The minimum atomic E-state index is -0.657. The smallest absolute Gasteiger partial charge is 0.130 e. The number of ether oxygens (including phenoxy) is 1. The van der Waals surface area contributed by atoms with Crippen LogP contribution in [-0.4, -0.2) is 12.9 Å². The number of hydrogen-bond acceptors (Lipinski definition) is 2. The molecule has 0 aromatic heterocycles. The summed E-state index contributed by atoms with van der Waals surface area (Å²) in [5.41, 5.74) is 0.0694. The number of aldehydes is 1. The molecule has 0 aliphatic carbocycles. The van der Waals surface area contributed by atoms with Gasteiger partial charge in [0.05, 0.1) is 6.61 Å². The summed E-state index contributed by atoms with van der Waals surface area (Å²) in [6.45, 7) is 6.19. The van der Waals surface area contributed by atoms with Crippen LogP contribution in [0.2, 0.25) is 0 Å². The van der Waals surface area contributed by atoms with E-state index in [4.69, 9.17) is 4.74 Å². The van der Waals surface area contributed by atoms with Crippen LogP contribution >= 0.6 is 0 Å². The first kappa shape index (κ1) is 13.7. The van der Waals surface area contributed by atoms with Crippen LogP contribution in [0, 0.1) is 5.82 Å². The molecule has 0 amide bonds. The second-order valence-corrected chi connectivity index (χ2v) is 4.68. The van der Waals surface area contributed by atoms with Gasteiger partial charge in [-0.1, -0.05) is 19.4 Å². The second kappa shape index (κ2) is 5.80. The number of hydrogen-bond donors (Lipinski definition) is 0. The van der Waals surface area contributed by atoms with E-state index in [0.29, 0.717) is 12.4 Å². The number of benzene rings is 1. The van der Waals surface area contributed by atoms with E-state index in [1.807, 2.05) is 0 Å². The summed E-state index contributed by atoms with van der Waals surface area (Å²) in [6, 6.07) is 4.31. The third kappa shape index (κ3) is 3.55. The molecule has 3 heteroatoms. The normalized spacial score (nSPS) is 11.3. The summed E-state index contributed by atoms with van der Waals surface area (Å²) in [7, 11) is 0. The largest absolute Gasteiger partial charge is 0.493 e. The lowest BCUT2D eigenvalue weighted by molar-refractivity contribution is -0.111. The zero-order chi connectivity index (χ0) is 12.9. The maximum absolute atomic E-state index is 13.2. The summed E-state index contributed by atoms with van der Waals surface area (Å²) >= 11 is 0. The molecular formula is C14H19FO2. The molecule has 17 heavy (non-hydrogen) atoms. The molecule has 0 atom stereocenters. The van der Waals surface area contributed by atoms with Crippen molar-refractivity contribution in [2.45, 2.75) is 39.0 Å². The van der Waals surface area contributed by atoms with Crippen LogP contribution in [0.3, 0.4) is 0 Å². The quantitative estimate of drug-likeness (QED) is 0.560. The molecule has 0 saturated heterocycles. The predicted molar refractivity (Wildman–Crippen MR) is 65.9 cm³/mol. The van der Waals surface area contributed by atoms with Gasteiger partial charge in [-0.15, -0.1) is 0 Å². The van der Waals surface area contributed by atoms with Crippen molar-refractivity contribution in [3.05, 3.63) is 29.6 Å². The third-order valence-electron chi connectivity index (χ3n) is 2.69. The van der Waals surface area contributed by atoms with Crippen LogP contribution in [0.15, 0.2) is 18.2 Å². The Bertz CT molecular complexity index is 386. The third-order valence-corrected chi connectivity index (χ3v) is 2.69. The molecule has 1 rings (SSSR count). The Balaban J connectivity index is 2.99. The molecule has 2 nitrogen and oxygen atoms in total. The average Bonchev–Trinajstić information content (AvgIpc) is 2.29. The molecule has 0 aliphatic rings. The lowest BCUT2D eigenvalue weighted by Crippen LogP contribution is -2.20. The fourth-order valence-corrected chi connectivity index (χ4v) is 1.54. The number of carbonyl (C=O) groups excluding carboxylic acids is 1.